The van der Waals surface area contributed by atoms with Crippen LogP contribution in [0.3, 0.4) is 0 Å². The maximum atomic E-state index is 13.5. The van der Waals surface area contributed by atoms with E-state index in [1.54, 1.807) is 48.5 Å². The summed E-state index contributed by atoms with van der Waals surface area (Å²) in [5.74, 6) is -0.191. The number of anilines is 2. The number of carbonyl (C=O) groups excluding carboxylic acids is 2. The average Bonchev–Trinajstić information content (AvgIpc) is 3.01. The number of hydrogen-bond acceptors (Lipinski definition) is 4. The first kappa shape index (κ1) is 21.7. The second-order valence-corrected chi connectivity index (χ2v) is 7.94. The molecule has 0 fully saturated rings. The molecule has 1 aliphatic heterocycles. The molecule has 1 aliphatic rings. The lowest BCUT2D eigenvalue weighted by molar-refractivity contribution is -0.120. The number of aryl methyl sites for hydroxylation is 2. The van der Waals surface area contributed by atoms with Gasteiger partial charge in [0.05, 0.1) is 22.9 Å². The lowest BCUT2D eigenvalue weighted by Gasteiger charge is -2.17. The lowest BCUT2D eigenvalue weighted by atomic mass is 10.0. The number of amides is 2. The number of halogens is 1. The van der Waals surface area contributed by atoms with Crippen molar-refractivity contribution in [1.82, 2.24) is 0 Å². The number of nitrogens with zero attached hydrogens (tertiary/aromatic N) is 1. The number of rotatable bonds is 6. The first-order valence-corrected chi connectivity index (χ1v) is 10.7. The molecule has 0 spiro atoms. The van der Waals surface area contributed by atoms with Gasteiger partial charge in [-0.05, 0) is 73.9 Å². The molecule has 4 rings (SSSR count). The third-order valence-electron chi connectivity index (χ3n) is 5.41. The Balaban J connectivity index is 1.81. The summed E-state index contributed by atoms with van der Waals surface area (Å²) < 4.78 is 5.51. The lowest BCUT2D eigenvalue weighted by Crippen LogP contribution is -2.32. The Morgan fingerprint density at radius 3 is 2.28 bits per heavy atom. The highest BCUT2D eigenvalue weighted by Crippen LogP contribution is 2.37. The summed E-state index contributed by atoms with van der Waals surface area (Å²) in [6.45, 7) is 6.47. The van der Waals surface area contributed by atoms with Crippen LogP contribution in [0.25, 0.3) is 5.57 Å². The van der Waals surface area contributed by atoms with Crippen molar-refractivity contribution in [2.45, 2.75) is 20.8 Å². The summed E-state index contributed by atoms with van der Waals surface area (Å²) in [5, 5.41) is 3.52. The summed E-state index contributed by atoms with van der Waals surface area (Å²) in [6, 6.07) is 19.8. The van der Waals surface area contributed by atoms with E-state index in [1.165, 1.54) is 0 Å². The Labute approximate surface area is 192 Å². The maximum Gasteiger partial charge on any atom is 0.282 e. The standard InChI is InChI=1S/C26H23ClN2O3/c1-4-32-20-13-10-18(11-14-20)23-24(28-19-12-9-16(2)17(3)15-19)26(31)29(25(23)30)22-8-6-5-7-21(22)27/h5-15,28H,4H2,1-3H3. The van der Waals surface area contributed by atoms with Crippen LogP contribution < -0.4 is 15.0 Å². The van der Waals surface area contributed by atoms with Crippen molar-refractivity contribution >= 4 is 40.4 Å². The molecule has 3 aromatic carbocycles. The second-order valence-electron chi connectivity index (χ2n) is 7.53. The van der Waals surface area contributed by atoms with E-state index in [4.69, 9.17) is 16.3 Å². The fraction of sp³-hybridized carbons (Fsp3) is 0.154. The highest BCUT2D eigenvalue weighted by Gasteiger charge is 2.41. The van der Waals surface area contributed by atoms with Gasteiger partial charge in [-0.15, -0.1) is 0 Å². The summed E-state index contributed by atoms with van der Waals surface area (Å²) in [7, 11) is 0. The largest absolute Gasteiger partial charge is 0.494 e. The maximum absolute atomic E-state index is 13.5. The van der Waals surface area contributed by atoms with Gasteiger partial charge in [0.2, 0.25) is 0 Å². The van der Waals surface area contributed by atoms with Gasteiger partial charge in [0.25, 0.3) is 11.8 Å². The number of carbonyl (C=O) groups is 2. The van der Waals surface area contributed by atoms with Crippen LogP contribution in [0, 0.1) is 13.8 Å². The van der Waals surface area contributed by atoms with Crippen molar-refractivity contribution in [2.24, 2.45) is 0 Å². The van der Waals surface area contributed by atoms with E-state index in [1.807, 2.05) is 39.0 Å². The highest BCUT2D eigenvalue weighted by molar-refractivity contribution is 6.48. The molecule has 0 aromatic heterocycles. The van der Waals surface area contributed by atoms with Gasteiger partial charge in [0.15, 0.2) is 0 Å². The predicted octanol–water partition coefficient (Wildman–Crippen LogP) is 5.75. The molecule has 0 saturated carbocycles. The van der Waals surface area contributed by atoms with Gasteiger partial charge in [0, 0.05) is 5.69 Å². The number of nitrogens with one attached hydrogen (secondary N) is 1. The van der Waals surface area contributed by atoms with Crippen LogP contribution in [0.1, 0.15) is 23.6 Å². The Morgan fingerprint density at radius 2 is 1.62 bits per heavy atom. The zero-order valence-corrected chi connectivity index (χ0v) is 18.9. The topological polar surface area (TPSA) is 58.6 Å². The molecule has 1 heterocycles. The van der Waals surface area contributed by atoms with Crippen molar-refractivity contribution in [3.63, 3.8) is 0 Å². The van der Waals surface area contributed by atoms with Crippen molar-refractivity contribution in [3.8, 4) is 5.75 Å². The minimum Gasteiger partial charge on any atom is -0.494 e. The van der Waals surface area contributed by atoms with E-state index in [9.17, 15) is 9.59 Å². The Morgan fingerprint density at radius 1 is 0.906 bits per heavy atom. The predicted molar refractivity (Wildman–Crippen MR) is 128 cm³/mol. The molecule has 3 aromatic rings. The first-order valence-electron chi connectivity index (χ1n) is 10.4. The van der Waals surface area contributed by atoms with E-state index in [0.29, 0.717) is 28.6 Å². The molecule has 2 amide bonds. The fourth-order valence-corrected chi connectivity index (χ4v) is 3.83. The number of benzene rings is 3. The van der Waals surface area contributed by atoms with E-state index in [2.05, 4.69) is 5.32 Å². The van der Waals surface area contributed by atoms with Gasteiger partial charge in [-0.25, -0.2) is 4.90 Å². The van der Waals surface area contributed by atoms with Crippen LogP contribution in [0.5, 0.6) is 5.75 Å². The van der Waals surface area contributed by atoms with Gasteiger partial charge in [-0.2, -0.15) is 0 Å². The van der Waals surface area contributed by atoms with Crippen LogP contribution in [0.4, 0.5) is 11.4 Å². The van der Waals surface area contributed by atoms with Gasteiger partial charge >= 0.3 is 0 Å². The number of hydrogen-bond donors (Lipinski definition) is 1. The minimum absolute atomic E-state index is 0.210. The van der Waals surface area contributed by atoms with Crippen molar-refractivity contribution in [1.29, 1.82) is 0 Å². The van der Waals surface area contributed by atoms with Crippen LogP contribution >= 0.6 is 11.6 Å². The molecule has 0 bridgehead atoms. The second kappa shape index (κ2) is 8.89. The molecular formula is C26H23ClN2O3. The molecule has 1 N–H and O–H groups in total. The number of ether oxygens (including phenoxy) is 1. The average molecular weight is 447 g/mol. The highest BCUT2D eigenvalue weighted by atomic mass is 35.5. The molecule has 32 heavy (non-hydrogen) atoms. The van der Waals surface area contributed by atoms with Crippen LogP contribution in [0.15, 0.2) is 72.4 Å². The first-order chi connectivity index (χ1) is 15.4. The molecule has 0 unspecified atom stereocenters. The zero-order chi connectivity index (χ0) is 22.8. The van der Waals surface area contributed by atoms with E-state index >= 15 is 0 Å². The summed E-state index contributed by atoms with van der Waals surface area (Å²) in [5.41, 5.74) is 4.42. The third-order valence-corrected chi connectivity index (χ3v) is 5.73. The van der Waals surface area contributed by atoms with E-state index in [-0.39, 0.29) is 11.3 Å². The van der Waals surface area contributed by atoms with Gasteiger partial charge in [-0.1, -0.05) is 41.9 Å². The quantitative estimate of drug-likeness (QED) is 0.489. The zero-order valence-electron chi connectivity index (χ0n) is 18.1. The van der Waals surface area contributed by atoms with Gasteiger partial charge in [-0.3, -0.25) is 9.59 Å². The summed E-state index contributed by atoms with van der Waals surface area (Å²) >= 11 is 6.33. The van der Waals surface area contributed by atoms with E-state index < -0.39 is 11.8 Å². The molecule has 0 radical (unpaired) electrons. The molecular weight excluding hydrogens is 424 g/mol. The van der Waals surface area contributed by atoms with Crippen LogP contribution in [0.2, 0.25) is 5.02 Å². The van der Waals surface area contributed by atoms with Gasteiger partial charge < -0.3 is 10.1 Å². The Kier molecular flexibility index (Phi) is 6.01. The van der Waals surface area contributed by atoms with E-state index in [0.717, 1.165) is 21.7 Å². The van der Waals surface area contributed by atoms with Crippen molar-refractivity contribution in [2.75, 3.05) is 16.8 Å². The minimum atomic E-state index is -0.454. The Hall–Kier alpha value is -3.57. The van der Waals surface area contributed by atoms with Crippen molar-refractivity contribution in [3.05, 3.63) is 94.1 Å². The molecule has 162 valence electrons. The van der Waals surface area contributed by atoms with Crippen molar-refractivity contribution < 1.29 is 14.3 Å². The van der Waals surface area contributed by atoms with Crippen LogP contribution in [-0.4, -0.2) is 18.4 Å². The SMILES string of the molecule is CCOc1ccc(C2=C(Nc3ccc(C)c(C)c3)C(=O)N(c3ccccc3Cl)C2=O)cc1. The molecule has 6 heteroatoms. The van der Waals surface area contributed by atoms with Crippen LogP contribution in [-0.2, 0) is 9.59 Å². The smallest absolute Gasteiger partial charge is 0.282 e. The molecule has 5 nitrogen and oxygen atoms in total. The number of para-hydroxylation sites is 1. The third kappa shape index (κ3) is 3.99. The monoisotopic (exact) mass is 446 g/mol. The molecule has 0 atom stereocenters. The molecule has 0 aliphatic carbocycles. The molecule has 0 saturated heterocycles. The van der Waals surface area contributed by atoms with Gasteiger partial charge in [0.1, 0.15) is 11.4 Å². The fourth-order valence-electron chi connectivity index (χ4n) is 3.61. The Bertz CT molecular complexity index is 1230. The normalized spacial score (nSPS) is 13.7. The number of imide groups is 1. The summed E-state index contributed by atoms with van der Waals surface area (Å²) in [4.78, 5) is 28.1. The summed E-state index contributed by atoms with van der Waals surface area (Å²) in [6.07, 6.45) is 0.